The van der Waals surface area contributed by atoms with Crippen molar-refractivity contribution in [3.63, 3.8) is 0 Å². The molecule has 1 amide bonds. The molecule has 0 aliphatic carbocycles. The zero-order chi connectivity index (χ0) is 16.9. The fourth-order valence-corrected chi connectivity index (χ4v) is 3.48. The molecule has 1 aromatic heterocycles. The van der Waals surface area contributed by atoms with E-state index in [1.54, 1.807) is 13.2 Å². The van der Waals surface area contributed by atoms with E-state index in [0.29, 0.717) is 10.6 Å². The molecule has 1 N–H and O–H groups in total. The number of carbonyl (C=O) groups excluding carboxylic acids is 1. The largest absolute Gasteiger partial charge is 0.495 e. The Balaban J connectivity index is 1.72. The van der Waals surface area contributed by atoms with Gasteiger partial charge in [0.1, 0.15) is 10.6 Å². The van der Waals surface area contributed by atoms with Crippen LogP contribution in [0.15, 0.2) is 29.6 Å². The van der Waals surface area contributed by atoms with Crippen LogP contribution in [0.4, 0.5) is 5.69 Å². The molecule has 0 spiro atoms. The van der Waals surface area contributed by atoms with Crippen LogP contribution in [0.2, 0.25) is 0 Å². The molecular formula is C18H22N2O3S. The van der Waals surface area contributed by atoms with Crippen molar-refractivity contribution >= 4 is 22.9 Å². The summed E-state index contributed by atoms with van der Waals surface area (Å²) >= 11 is 1.38. The SMILES string of the molecule is COc1ccsc1C(=O)Nc1cc(CN2CCOCC2)ccc1C. The lowest BCUT2D eigenvalue weighted by Crippen LogP contribution is -2.35. The molecule has 1 saturated heterocycles. The van der Waals surface area contributed by atoms with Crippen LogP contribution in [0.1, 0.15) is 20.8 Å². The molecule has 6 heteroatoms. The van der Waals surface area contributed by atoms with E-state index in [9.17, 15) is 4.79 Å². The molecule has 0 bridgehead atoms. The van der Waals surface area contributed by atoms with Gasteiger partial charge in [-0.15, -0.1) is 11.3 Å². The molecule has 1 aromatic carbocycles. The smallest absolute Gasteiger partial charge is 0.269 e. The first-order chi connectivity index (χ1) is 11.7. The van der Waals surface area contributed by atoms with Gasteiger partial charge in [-0.3, -0.25) is 9.69 Å². The molecule has 1 aliphatic rings. The second kappa shape index (κ2) is 7.79. The van der Waals surface area contributed by atoms with Crippen LogP contribution >= 0.6 is 11.3 Å². The topological polar surface area (TPSA) is 50.8 Å². The van der Waals surface area contributed by atoms with Gasteiger partial charge < -0.3 is 14.8 Å². The predicted octanol–water partition coefficient (Wildman–Crippen LogP) is 3.15. The quantitative estimate of drug-likeness (QED) is 0.904. The predicted molar refractivity (Wildman–Crippen MR) is 96.1 cm³/mol. The lowest BCUT2D eigenvalue weighted by molar-refractivity contribution is 0.0342. The van der Waals surface area contributed by atoms with Crippen molar-refractivity contribution in [1.29, 1.82) is 0 Å². The Labute approximate surface area is 146 Å². The molecule has 0 saturated carbocycles. The van der Waals surface area contributed by atoms with Crippen LogP contribution in [-0.4, -0.2) is 44.2 Å². The zero-order valence-corrected chi connectivity index (χ0v) is 14.8. The van der Waals surface area contributed by atoms with Crippen molar-refractivity contribution in [3.8, 4) is 5.75 Å². The first-order valence-corrected chi connectivity index (χ1v) is 8.88. The number of ether oxygens (including phenoxy) is 2. The summed E-state index contributed by atoms with van der Waals surface area (Å²) in [5.74, 6) is 0.480. The highest BCUT2D eigenvalue weighted by atomic mass is 32.1. The summed E-state index contributed by atoms with van der Waals surface area (Å²) in [4.78, 5) is 15.5. The highest BCUT2D eigenvalue weighted by Crippen LogP contribution is 2.26. The summed E-state index contributed by atoms with van der Waals surface area (Å²) in [6.45, 7) is 6.33. The monoisotopic (exact) mass is 346 g/mol. The molecule has 3 rings (SSSR count). The second-order valence-corrected chi connectivity index (χ2v) is 6.73. The van der Waals surface area contributed by atoms with Crippen LogP contribution in [-0.2, 0) is 11.3 Å². The number of anilines is 1. The van der Waals surface area contributed by atoms with E-state index >= 15 is 0 Å². The molecule has 5 nitrogen and oxygen atoms in total. The van der Waals surface area contributed by atoms with Crippen molar-refractivity contribution in [1.82, 2.24) is 4.90 Å². The van der Waals surface area contributed by atoms with Crippen LogP contribution in [0.25, 0.3) is 0 Å². The van der Waals surface area contributed by atoms with E-state index < -0.39 is 0 Å². The maximum absolute atomic E-state index is 12.5. The van der Waals surface area contributed by atoms with Gasteiger partial charge >= 0.3 is 0 Å². The highest BCUT2D eigenvalue weighted by Gasteiger charge is 2.16. The Morgan fingerprint density at radius 2 is 2.12 bits per heavy atom. The summed E-state index contributed by atoms with van der Waals surface area (Å²) in [5.41, 5.74) is 3.08. The van der Waals surface area contributed by atoms with E-state index in [1.807, 2.05) is 12.3 Å². The molecule has 0 radical (unpaired) electrons. The summed E-state index contributed by atoms with van der Waals surface area (Å²) < 4.78 is 10.6. The minimum Gasteiger partial charge on any atom is -0.495 e. The Hall–Kier alpha value is -1.89. The normalized spacial score (nSPS) is 15.2. The van der Waals surface area contributed by atoms with E-state index in [1.165, 1.54) is 16.9 Å². The molecule has 2 heterocycles. The molecule has 2 aromatic rings. The average molecular weight is 346 g/mol. The maximum Gasteiger partial charge on any atom is 0.269 e. The summed E-state index contributed by atoms with van der Waals surface area (Å²) in [7, 11) is 1.58. The minimum atomic E-state index is -0.131. The standard InChI is InChI=1S/C18H22N2O3S/c1-13-3-4-14(12-20-6-8-23-9-7-20)11-15(13)19-18(21)17-16(22-2)5-10-24-17/h3-5,10-11H,6-9,12H2,1-2H3,(H,19,21). The Morgan fingerprint density at radius 1 is 1.33 bits per heavy atom. The average Bonchev–Trinajstić information content (AvgIpc) is 3.07. The second-order valence-electron chi connectivity index (χ2n) is 5.81. The number of aryl methyl sites for hydroxylation is 1. The number of nitrogens with zero attached hydrogens (tertiary/aromatic N) is 1. The van der Waals surface area contributed by atoms with Gasteiger partial charge in [0, 0.05) is 25.3 Å². The molecule has 1 aliphatic heterocycles. The van der Waals surface area contributed by atoms with E-state index in [4.69, 9.17) is 9.47 Å². The van der Waals surface area contributed by atoms with Crippen molar-refractivity contribution in [2.45, 2.75) is 13.5 Å². The van der Waals surface area contributed by atoms with Crippen LogP contribution in [0.5, 0.6) is 5.75 Å². The number of morpholine rings is 1. The molecule has 0 atom stereocenters. The Bertz CT molecular complexity index is 708. The number of methoxy groups -OCH3 is 1. The lowest BCUT2D eigenvalue weighted by atomic mass is 10.1. The van der Waals surface area contributed by atoms with E-state index in [-0.39, 0.29) is 5.91 Å². The van der Waals surface area contributed by atoms with E-state index in [2.05, 4.69) is 28.4 Å². The molecular weight excluding hydrogens is 324 g/mol. The van der Waals surface area contributed by atoms with Crippen molar-refractivity contribution in [2.24, 2.45) is 0 Å². The summed E-state index contributed by atoms with van der Waals surface area (Å²) in [6.07, 6.45) is 0. The number of rotatable bonds is 5. The fourth-order valence-electron chi connectivity index (χ4n) is 2.72. The van der Waals surface area contributed by atoms with Crippen molar-refractivity contribution < 1.29 is 14.3 Å². The van der Waals surface area contributed by atoms with Crippen LogP contribution in [0.3, 0.4) is 0 Å². The van der Waals surface area contributed by atoms with Gasteiger partial charge in [0.15, 0.2) is 0 Å². The third-order valence-corrected chi connectivity index (χ3v) is 5.01. The summed E-state index contributed by atoms with van der Waals surface area (Å²) in [6, 6.07) is 8.04. The van der Waals surface area contributed by atoms with Gasteiger partial charge in [-0.2, -0.15) is 0 Å². The van der Waals surface area contributed by atoms with Gasteiger partial charge in [0.2, 0.25) is 0 Å². The molecule has 1 fully saturated rings. The van der Waals surface area contributed by atoms with Gasteiger partial charge in [0.25, 0.3) is 5.91 Å². The van der Waals surface area contributed by atoms with Gasteiger partial charge in [-0.25, -0.2) is 0 Å². The lowest BCUT2D eigenvalue weighted by Gasteiger charge is -2.26. The minimum absolute atomic E-state index is 0.131. The number of nitrogens with one attached hydrogen (secondary N) is 1. The number of amides is 1. The number of hydrogen-bond acceptors (Lipinski definition) is 5. The fraction of sp³-hybridized carbons (Fsp3) is 0.389. The Kier molecular flexibility index (Phi) is 5.50. The van der Waals surface area contributed by atoms with Crippen molar-refractivity contribution in [2.75, 3.05) is 38.7 Å². The summed E-state index contributed by atoms with van der Waals surface area (Å²) in [5, 5.41) is 4.87. The van der Waals surface area contributed by atoms with Gasteiger partial charge in [0.05, 0.1) is 20.3 Å². The third-order valence-electron chi connectivity index (χ3n) is 4.12. The Morgan fingerprint density at radius 3 is 2.88 bits per heavy atom. The number of benzene rings is 1. The van der Waals surface area contributed by atoms with E-state index in [0.717, 1.165) is 44.1 Å². The number of thiophene rings is 1. The maximum atomic E-state index is 12.5. The van der Waals surface area contributed by atoms with Gasteiger partial charge in [-0.1, -0.05) is 12.1 Å². The first kappa shape index (κ1) is 17.0. The molecule has 128 valence electrons. The first-order valence-electron chi connectivity index (χ1n) is 8.00. The van der Waals surface area contributed by atoms with Gasteiger partial charge in [-0.05, 0) is 35.6 Å². The number of hydrogen-bond donors (Lipinski definition) is 1. The van der Waals surface area contributed by atoms with Crippen molar-refractivity contribution in [3.05, 3.63) is 45.6 Å². The molecule has 24 heavy (non-hydrogen) atoms. The molecule has 0 unspecified atom stereocenters. The zero-order valence-electron chi connectivity index (χ0n) is 14.0. The highest BCUT2D eigenvalue weighted by molar-refractivity contribution is 7.12. The van der Waals surface area contributed by atoms with Crippen LogP contribution in [0, 0.1) is 6.92 Å². The number of carbonyl (C=O) groups is 1. The van der Waals surface area contributed by atoms with Crippen LogP contribution < -0.4 is 10.1 Å². The third kappa shape index (κ3) is 3.95.